The molecule has 2 aromatic rings. The molecule has 10 heteroatoms. The molecule has 0 aromatic heterocycles. The minimum Gasteiger partial charge on any atom is -0.508 e. The number of methoxy groups -OCH3 is 3. The van der Waals surface area contributed by atoms with Gasteiger partial charge in [0.05, 0.1) is 27.8 Å². The van der Waals surface area contributed by atoms with Crippen molar-refractivity contribution in [3.05, 3.63) is 57.8 Å². The Morgan fingerprint density at radius 2 is 1.78 bits per heavy atom. The van der Waals surface area contributed by atoms with E-state index in [1.54, 1.807) is 6.92 Å². The topological polar surface area (TPSA) is 129 Å². The molecule has 0 radical (unpaired) electrons. The molecule has 4 rings (SSSR count). The number of ketones is 2. The van der Waals surface area contributed by atoms with Crippen molar-refractivity contribution in [3.8, 4) is 23.0 Å². The number of phenols is 1. The third-order valence-electron chi connectivity index (χ3n) is 6.75. The molecule has 36 heavy (non-hydrogen) atoms. The van der Waals surface area contributed by atoms with Gasteiger partial charge in [0.15, 0.2) is 17.3 Å². The van der Waals surface area contributed by atoms with E-state index in [1.165, 1.54) is 51.7 Å². The standard InChI is InChI=1S/C26H25ClO9/c1-12-9-16(29)20(15(10-19(30)35-4)13-5-7-14(28)8-6-13)24(31)26(12)25(32)21-17(33-2)11-18(34-3)22(27)23(21)36-26/h5-8,11-12,15,28,31H,9-10H2,1-4H3/t12-,15-,26+/m1/s1. The van der Waals surface area contributed by atoms with Crippen LogP contribution in [-0.2, 0) is 14.3 Å². The number of hydrogen-bond acceptors (Lipinski definition) is 9. The van der Waals surface area contributed by atoms with E-state index in [2.05, 4.69) is 0 Å². The van der Waals surface area contributed by atoms with Crippen molar-refractivity contribution in [1.29, 1.82) is 0 Å². The van der Waals surface area contributed by atoms with Crippen LogP contribution in [0.1, 0.15) is 41.6 Å². The number of carbonyl (C=O) groups is 3. The zero-order valence-corrected chi connectivity index (χ0v) is 20.8. The molecule has 3 atom stereocenters. The number of aromatic hydroxyl groups is 1. The van der Waals surface area contributed by atoms with Crippen LogP contribution in [0.2, 0.25) is 5.02 Å². The Morgan fingerprint density at radius 1 is 1.14 bits per heavy atom. The monoisotopic (exact) mass is 516 g/mol. The van der Waals surface area contributed by atoms with E-state index in [4.69, 9.17) is 30.5 Å². The predicted molar refractivity (Wildman–Crippen MR) is 128 cm³/mol. The number of fused-ring (bicyclic) bond motifs is 1. The molecule has 0 unspecified atom stereocenters. The first-order valence-corrected chi connectivity index (χ1v) is 11.5. The lowest BCUT2D eigenvalue weighted by Gasteiger charge is -2.38. The molecule has 1 heterocycles. The number of aliphatic hydroxyl groups excluding tert-OH is 1. The number of rotatable bonds is 6. The minimum atomic E-state index is -1.97. The molecule has 1 aliphatic carbocycles. The van der Waals surface area contributed by atoms with E-state index in [1.807, 2.05) is 0 Å². The largest absolute Gasteiger partial charge is 0.508 e. The molecule has 2 N–H and O–H groups in total. The Balaban J connectivity index is 1.95. The van der Waals surface area contributed by atoms with E-state index in [9.17, 15) is 24.6 Å². The van der Waals surface area contributed by atoms with Crippen LogP contribution >= 0.6 is 11.6 Å². The van der Waals surface area contributed by atoms with E-state index >= 15 is 0 Å². The van der Waals surface area contributed by atoms with Crippen molar-refractivity contribution in [2.24, 2.45) is 5.92 Å². The van der Waals surface area contributed by atoms with Crippen molar-refractivity contribution >= 4 is 29.1 Å². The van der Waals surface area contributed by atoms with Crippen LogP contribution < -0.4 is 14.2 Å². The molecule has 0 saturated carbocycles. The van der Waals surface area contributed by atoms with E-state index in [0.717, 1.165) is 0 Å². The smallest absolute Gasteiger partial charge is 0.306 e. The van der Waals surface area contributed by atoms with Crippen molar-refractivity contribution in [3.63, 3.8) is 0 Å². The minimum absolute atomic E-state index is 0.0154. The van der Waals surface area contributed by atoms with Crippen molar-refractivity contribution in [1.82, 2.24) is 0 Å². The summed E-state index contributed by atoms with van der Waals surface area (Å²) >= 11 is 6.47. The molecular formula is C26H25ClO9. The molecule has 0 saturated heterocycles. The summed E-state index contributed by atoms with van der Waals surface area (Å²) in [5.74, 6) is -3.78. The molecule has 2 aliphatic rings. The van der Waals surface area contributed by atoms with Crippen LogP contribution in [0.15, 0.2) is 41.7 Å². The van der Waals surface area contributed by atoms with Crippen molar-refractivity contribution in [2.45, 2.75) is 31.3 Å². The van der Waals surface area contributed by atoms with Crippen LogP contribution in [0.25, 0.3) is 0 Å². The van der Waals surface area contributed by atoms with Gasteiger partial charge in [0, 0.05) is 29.9 Å². The second-order valence-corrected chi connectivity index (χ2v) is 9.06. The van der Waals surface area contributed by atoms with E-state index in [0.29, 0.717) is 5.56 Å². The second kappa shape index (κ2) is 9.39. The average molecular weight is 517 g/mol. The quantitative estimate of drug-likeness (QED) is 0.544. The summed E-state index contributed by atoms with van der Waals surface area (Å²) in [5, 5.41) is 21.4. The summed E-state index contributed by atoms with van der Waals surface area (Å²) in [6, 6.07) is 7.29. The van der Waals surface area contributed by atoms with Crippen molar-refractivity contribution < 1.29 is 43.5 Å². The summed E-state index contributed by atoms with van der Waals surface area (Å²) in [7, 11) is 3.97. The first-order chi connectivity index (χ1) is 17.1. The predicted octanol–water partition coefficient (Wildman–Crippen LogP) is 4.14. The molecule has 1 aliphatic heterocycles. The normalized spacial score (nSPS) is 21.8. The van der Waals surface area contributed by atoms with E-state index in [-0.39, 0.29) is 52.0 Å². The summed E-state index contributed by atoms with van der Waals surface area (Å²) in [4.78, 5) is 39.5. The molecule has 0 amide bonds. The van der Waals surface area contributed by atoms with Crippen LogP contribution in [0, 0.1) is 5.92 Å². The lowest BCUT2D eigenvalue weighted by molar-refractivity contribution is -0.140. The van der Waals surface area contributed by atoms with Gasteiger partial charge in [-0.25, -0.2) is 0 Å². The van der Waals surface area contributed by atoms with Crippen molar-refractivity contribution in [2.75, 3.05) is 21.3 Å². The summed E-state index contributed by atoms with van der Waals surface area (Å²) < 4.78 is 21.6. The van der Waals surface area contributed by atoms with Gasteiger partial charge in [0.25, 0.3) is 0 Å². The highest BCUT2D eigenvalue weighted by Gasteiger charge is 2.61. The number of esters is 1. The Hall–Kier alpha value is -3.72. The Labute approximate surface area is 212 Å². The number of phenolic OH excluding ortho intramolecular Hbond substituents is 1. The molecule has 0 fully saturated rings. The first-order valence-electron chi connectivity index (χ1n) is 11.1. The highest BCUT2D eigenvalue weighted by Crippen LogP contribution is 2.55. The summed E-state index contributed by atoms with van der Waals surface area (Å²) in [6.45, 7) is 1.61. The van der Waals surface area contributed by atoms with Gasteiger partial charge >= 0.3 is 5.97 Å². The van der Waals surface area contributed by atoms with Gasteiger partial charge in [-0.05, 0) is 17.7 Å². The molecule has 1 spiro atoms. The number of hydrogen-bond donors (Lipinski definition) is 2. The van der Waals surface area contributed by atoms with Gasteiger partial charge < -0.3 is 29.2 Å². The zero-order chi connectivity index (χ0) is 26.4. The first kappa shape index (κ1) is 25.4. The number of carbonyl (C=O) groups excluding carboxylic acids is 3. The number of allylic oxidation sites excluding steroid dienone is 1. The molecule has 0 bridgehead atoms. The summed E-state index contributed by atoms with van der Waals surface area (Å²) in [6.07, 6.45) is -0.443. The fourth-order valence-electron chi connectivity index (χ4n) is 4.88. The Kier molecular flexibility index (Phi) is 6.62. The average Bonchev–Trinajstić information content (AvgIpc) is 3.18. The fourth-order valence-corrected chi connectivity index (χ4v) is 5.15. The number of halogens is 1. The molecule has 9 nitrogen and oxygen atoms in total. The molecule has 2 aromatic carbocycles. The van der Waals surface area contributed by atoms with Crippen LogP contribution in [0.3, 0.4) is 0 Å². The highest BCUT2D eigenvalue weighted by molar-refractivity contribution is 6.35. The van der Waals surface area contributed by atoms with Crippen LogP contribution in [0.4, 0.5) is 0 Å². The Morgan fingerprint density at radius 3 is 2.36 bits per heavy atom. The summed E-state index contributed by atoms with van der Waals surface area (Å²) in [5.41, 5.74) is -1.64. The number of aliphatic hydroxyl groups is 1. The van der Waals surface area contributed by atoms with Crippen LogP contribution in [-0.4, -0.2) is 54.7 Å². The van der Waals surface area contributed by atoms with Gasteiger partial charge in [-0.2, -0.15) is 0 Å². The maximum atomic E-state index is 13.9. The zero-order valence-electron chi connectivity index (χ0n) is 20.1. The molecular weight excluding hydrogens is 492 g/mol. The third kappa shape index (κ3) is 3.74. The fraction of sp³-hybridized carbons (Fsp3) is 0.346. The lowest BCUT2D eigenvalue weighted by atomic mass is 9.69. The van der Waals surface area contributed by atoms with Gasteiger partial charge in [-0.15, -0.1) is 0 Å². The number of benzene rings is 2. The van der Waals surface area contributed by atoms with Gasteiger partial charge in [0.1, 0.15) is 27.8 Å². The second-order valence-electron chi connectivity index (χ2n) is 8.68. The van der Waals surface area contributed by atoms with Gasteiger partial charge in [0.2, 0.25) is 11.4 Å². The number of ether oxygens (including phenoxy) is 4. The maximum Gasteiger partial charge on any atom is 0.306 e. The lowest BCUT2D eigenvalue weighted by Crippen LogP contribution is -2.53. The van der Waals surface area contributed by atoms with E-state index < -0.39 is 40.7 Å². The maximum absolute atomic E-state index is 13.9. The molecule has 190 valence electrons. The highest BCUT2D eigenvalue weighted by atomic mass is 35.5. The number of Topliss-reactive ketones (excluding diaryl/α,β-unsaturated/α-hetero) is 2. The van der Waals surface area contributed by atoms with Gasteiger partial charge in [-0.1, -0.05) is 30.7 Å². The van der Waals surface area contributed by atoms with Crippen LogP contribution in [0.5, 0.6) is 23.0 Å². The third-order valence-corrected chi connectivity index (χ3v) is 7.11. The van der Waals surface area contributed by atoms with Gasteiger partial charge in [-0.3, -0.25) is 14.4 Å². The Bertz CT molecular complexity index is 1280. The SMILES string of the molecule is COC(=O)C[C@@H](C1=C(O)[C@@]2(Oc3c(Cl)c(OC)cc(OC)c3C2=O)[C@H](C)CC1=O)c1ccc(O)cc1.